The van der Waals surface area contributed by atoms with Crippen molar-refractivity contribution in [3.8, 4) is 0 Å². The highest BCUT2D eigenvalue weighted by molar-refractivity contribution is 5.19. The molecule has 0 spiro atoms. The van der Waals surface area contributed by atoms with Crippen molar-refractivity contribution >= 4 is 0 Å². The highest BCUT2D eigenvalue weighted by Gasteiger charge is 2.35. The van der Waals surface area contributed by atoms with Crippen LogP contribution in [0, 0.1) is 5.92 Å². The summed E-state index contributed by atoms with van der Waals surface area (Å²) in [6.45, 7) is 5.87. The molecule has 0 aliphatic carbocycles. The molecule has 2 aliphatic rings. The van der Waals surface area contributed by atoms with E-state index in [1.54, 1.807) is 0 Å². The molecule has 2 fully saturated rings. The number of nitrogens with two attached hydrogens (primary N) is 1. The summed E-state index contributed by atoms with van der Waals surface area (Å²) in [5, 5.41) is 0. The Morgan fingerprint density at radius 3 is 2.62 bits per heavy atom. The first-order chi connectivity index (χ1) is 10.1. The molecule has 116 valence electrons. The van der Waals surface area contributed by atoms with Crippen molar-refractivity contribution in [3.05, 3.63) is 35.9 Å². The molecule has 1 aromatic carbocycles. The largest absolute Gasteiger partial charge is 0.324 e. The van der Waals surface area contributed by atoms with Crippen LogP contribution in [0.1, 0.15) is 37.8 Å². The molecule has 0 radical (unpaired) electrons. The fraction of sp³-hybridized carbons (Fsp3) is 0.667. The normalized spacial score (nSPS) is 30.0. The van der Waals surface area contributed by atoms with Crippen LogP contribution in [0.4, 0.5) is 0 Å². The molecule has 1 aromatic rings. The minimum absolute atomic E-state index is 0.143. The number of likely N-dealkylation sites (N-methyl/N-ethyl adjacent to an activating group) is 1. The molecular weight excluding hydrogens is 258 g/mol. The SMILES string of the molecule is CC(CN1CCC2CCC(C1)N2C)C(N)c1ccccc1. The van der Waals surface area contributed by atoms with Crippen LogP contribution in [0.5, 0.6) is 0 Å². The van der Waals surface area contributed by atoms with Crippen molar-refractivity contribution in [2.45, 2.75) is 44.3 Å². The van der Waals surface area contributed by atoms with E-state index in [2.05, 4.69) is 54.1 Å². The quantitative estimate of drug-likeness (QED) is 0.923. The van der Waals surface area contributed by atoms with Crippen molar-refractivity contribution in [3.63, 3.8) is 0 Å². The lowest BCUT2D eigenvalue weighted by atomic mass is 9.94. The molecule has 21 heavy (non-hydrogen) atoms. The van der Waals surface area contributed by atoms with Gasteiger partial charge in [0.15, 0.2) is 0 Å². The zero-order valence-electron chi connectivity index (χ0n) is 13.4. The number of hydrogen-bond acceptors (Lipinski definition) is 3. The van der Waals surface area contributed by atoms with Crippen LogP contribution in [0.15, 0.2) is 30.3 Å². The Hall–Kier alpha value is -0.900. The van der Waals surface area contributed by atoms with Crippen LogP contribution in [-0.4, -0.2) is 48.6 Å². The van der Waals surface area contributed by atoms with Gasteiger partial charge < -0.3 is 10.6 Å². The molecular formula is C18H29N3. The molecule has 4 unspecified atom stereocenters. The van der Waals surface area contributed by atoms with E-state index >= 15 is 0 Å². The Labute approximate surface area is 129 Å². The molecule has 0 saturated carbocycles. The predicted molar refractivity (Wildman–Crippen MR) is 88.2 cm³/mol. The van der Waals surface area contributed by atoms with Gasteiger partial charge >= 0.3 is 0 Å². The molecule has 3 heteroatoms. The minimum atomic E-state index is 0.143. The molecule has 2 saturated heterocycles. The van der Waals surface area contributed by atoms with E-state index < -0.39 is 0 Å². The summed E-state index contributed by atoms with van der Waals surface area (Å²) in [6.07, 6.45) is 4.09. The predicted octanol–water partition coefficient (Wildman–Crippen LogP) is 2.49. The van der Waals surface area contributed by atoms with Crippen molar-refractivity contribution < 1.29 is 0 Å². The lowest BCUT2D eigenvalue weighted by molar-refractivity contribution is 0.193. The summed E-state index contributed by atoms with van der Waals surface area (Å²) in [7, 11) is 2.31. The van der Waals surface area contributed by atoms with Crippen molar-refractivity contribution in [1.29, 1.82) is 0 Å². The van der Waals surface area contributed by atoms with E-state index in [4.69, 9.17) is 5.73 Å². The summed E-state index contributed by atoms with van der Waals surface area (Å²) in [5.41, 5.74) is 7.72. The Kier molecular flexibility index (Phi) is 4.63. The van der Waals surface area contributed by atoms with Gasteiger partial charge in [0.05, 0.1) is 0 Å². The highest BCUT2D eigenvalue weighted by atomic mass is 15.3. The number of hydrogen-bond donors (Lipinski definition) is 1. The molecule has 0 aromatic heterocycles. The summed E-state index contributed by atoms with van der Waals surface area (Å²) in [4.78, 5) is 5.26. The van der Waals surface area contributed by atoms with Crippen molar-refractivity contribution in [2.75, 3.05) is 26.7 Å². The maximum atomic E-state index is 6.46. The van der Waals surface area contributed by atoms with Gasteiger partial charge in [-0.3, -0.25) is 4.90 Å². The Morgan fingerprint density at radius 2 is 1.86 bits per heavy atom. The second-order valence-electron chi connectivity index (χ2n) is 7.01. The standard InChI is InChI=1S/C18H29N3/c1-14(18(19)15-6-4-3-5-7-15)12-21-11-10-16-8-9-17(13-21)20(16)2/h3-7,14,16-18H,8-13,19H2,1-2H3. The average molecular weight is 287 g/mol. The molecule has 0 amide bonds. The van der Waals surface area contributed by atoms with Gasteiger partial charge in [0.25, 0.3) is 0 Å². The van der Waals surface area contributed by atoms with E-state index in [1.807, 2.05) is 0 Å². The van der Waals surface area contributed by atoms with Crippen LogP contribution in [-0.2, 0) is 0 Å². The van der Waals surface area contributed by atoms with Crippen LogP contribution >= 0.6 is 0 Å². The topological polar surface area (TPSA) is 32.5 Å². The number of nitrogens with zero attached hydrogens (tertiary/aromatic N) is 2. The van der Waals surface area contributed by atoms with Crippen molar-refractivity contribution in [1.82, 2.24) is 9.80 Å². The van der Waals surface area contributed by atoms with Crippen LogP contribution < -0.4 is 5.73 Å². The molecule has 3 rings (SSSR count). The molecule has 2 N–H and O–H groups in total. The van der Waals surface area contributed by atoms with Crippen molar-refractivity contribution in [2.24, 2.45) is 11.7 Å². The van der Waals surface area contributed by atoms with Gasteiger partial charge in [0.2, 0.25) is 0 Å². The Bertz CT molecular complexity index is 447. The molecule has 2 bridgehead atoms. The van der Waals surface area contributed by atoms with E-state index in [0.29, 0.717) is 5.92 Å². The fourth-order valence-electron chi connectivity index (χ4n) is 4.07. The molecule has 3 nitrogen and oxygen atoms in total. The maximum absolute atomic E-state index is 6.46. The fourth-order valence-corrected chi connectivity index (χ4v) is 4.07. The zero-order chi connectivity index (χ0) is 14.8. The third-order valence-corrected chi connectivity index (χ3v) is 5.58. The lowest BCUT2D eigenvalue weighted by Crippen LogP contribution is -2.40. The van der Waals surface area contributed by atoms with E-state index in [0.717, 1.165) is 18.6 Å². The van der Waals surface area contributed by atoms with Gasteiger partial charge in [-0.25, -0.2) is 0 Å². The number of likely N-dealkylation sites (tertiary alicyclic amines) is 1. The lowest BCUT2D eigenvalue weighted by Gasteiger charge is -2.30. The Balaban J connectivity index is 1.59. The Morgan fingerprint density at radius 1 is 1.14 bits per heavy atom. The number of benzene rings is 1. The van der Waals surface area contributed by atoms with E-state index in [-0.39, 0.29) is 6.04 Å². The third kappa shape index (κ3) is 3.31. The second kappa shape index (κ2) is 6.47. The zero-order valence-corrected chi connectivity index (χ0v) is 13.4. The van der Waals surface area contributed by atoms with Gasteiger partial charge in [-0.05, 0) is 44.3 Å². The highest BCUT2D eigenvalue weighted by Crippen LogP contribution is 2.29. The summed E-state index contributed by atoms with van der Waals surface area (Å²) < 4.78 is 0. The maximum Gasteiger partial charge on any atom is 0.0333 e. The van der Waals surface area contributed by atoms with E-state index in [1.165, 1.54) is 37.9 Å². The van der Waals surface area contributed by atoms with Gasteiger partial charge in [-0.2, -0.15) is 0 Å². The third-order valence-electron chi connectivity index (χ3n) is 5.58. The first kappa shape index (κ1) is 15.0. The minimum Gasteiger partial charge on any atom is -0.324 e. The monoisotopic (exact) mass is 287 g/mol. The summed E-state index contributed by atoms with van der Waals surface area (Å²) in [6, 6.07) is 12.3. The van der Waals surface area contributed by atoms with Gasteiger partial charge in [0.1, 0.15) is 0 Å². The summed E-state index contributed by atoms with van der Waals surface area (Å²) >= 11 is 0. The van der Waals surface area contributed by atoms with Gasteiger partial charge in [0, 0.05) is 31.2 Å². The first-order valence-corrected chi connectivity index (χ1v) is 8.40. The van der Waals surface area contributed by atoms with Gasteiger partial charge in [-0.1, -0.05) is 37.3 Å². The molecule has 2 heterocycles. The second-order valence-corrected chi connectivity index (χ2v) is 7.01. The molecule has 2 aliphatic heterocycles. The number of rotatable bonds is 4. The first-order valence-electron chi connectivity index (χ1n) is 8.40. The van der Waals surface area contributed by atoms with Crippen LogP contribution in [0.2, 0.25) is 0 Å². The van der Waals surface area contributed by atoms with Crippen LogP contribution in [0.3, 0.4) is 0 Å². The molecule has 4 atom stereocenters. The average Bonchev–Trinajstić information content (AvgIpc) is 2.75. The smallest absolute Gasteiger partial charge is 0.0333 e. The van der Waals surface area contributed by atoms with Gasteiger partial charge in [-0.15, -0.1) is 0 Å². The van der Waals surface area contributed by atoms with Crippen LogP contribution in [0.25, 0.3) is 0 Å². The summed E-state index contributed by atoms with van der Waals surface area (Å²) in [5.74, 6) is 0.495. The number of fused-ring (bicyclic) bond motifs is 2. The van der Waals surface area contributed by atoms with E-state index in [9.17, 15) is 0 Å².